The summed E-state index contributed by atoms with van der Waals surface area (Å²) in [5.74, 6) is -0.555. The molecule has 1 aromatic heterocycles. The lowest BCUT2D eigenvalue weighted by molar-refractivity contribution is 0.100. The number of aromatic nitrogens is 1. The highest BCUT2D eigenvalue weighted by Crippen LogP contribution is 2.32. The summed E-state index contributed by atoms with van der Waals surface area (Å²) < 4.78 is 24.6. The predicted octanol–water partition coefficient (Wildman–Crippen LogP) is 0.666. The number of hydrogen-bond donors (Lipinski definition) is 2. The lowest BCUT2D eigenvalue weighted by Crippen LogP contribution is -2.39. The van der Waals surface area contributed by atoms with Gasteiger partial charge in [-0.1, -0.05) is 0 Å². The van der Waals surface area contributed by atoms with Crippen LogP contribution in [-0.2, 0) is 10.2 Å². The van der Waals surface area contributed by atoms with Crippen LogP contribution in [-0.4, -0.2) is 49.8 Å². The Morgan fingerprint density at radius 1 is 1.12 bits per heavy atom. The summed E-state index contributed by atoms with van der Waals surface area (Å²) in [4.78, 5) is 18.4. The van der Waals surface area contributed by atoms with E-state index in [1.54, 1.807) is 0 Å². The van der Waals surface area contributed by atoms with Crippen molar-refractivity contribution in [2.75, 3.05) is 31.1 Å². The van der Waals surface area contributed by atoms with Crippen LogP contribution in [0.5, 0.6) is 0 Å². The number of hydrogen-bond acceptors (Lipinski definition) is 5. The molecule has 9 heteroatoms. The molecule has 0 unspecified atom stereocenters. The van der Waals surface area contributed by atoms with Gasteiger partial charge in [-0.15, -0.1) is 0 Å². The molecule has 1 saturated heterocycles. The average Bonchev–Trinajstić information content (AvgIpc) is 2.80. The molecule has 140 valence electrons. The van der Waals surface area contributed by atoms with Gasteiger partial charge >= 0.3 is 0 Å². The van der Waals surface area contributed by atoms with E-state index < -0.39 is 16.1 Å². The maximum atomic E-state index is 12.0. The highest BCUT2D eigenvalue weighted by molar-refractivity contribution is 7.86. The van der Waals surface area contributed by atoms with Crippen LogP contribution in [0.1, 0.15) is 27.9 Å². The molecule has 2 heterocycles. The molecule has 1 amide bonds. The van der Waals surface area contributed by atoms with Crippen molar-refractivity contribution in [2.24, 2.45) is 10.9 Å². The highest BCUT2D eigenvalue weighted by Gasteiger charge is 2.25. The number of aryl methyl sites for hydroxylation is 2. The minimum atomic E-state index is -3.73. The summed E-state index contributed by atoms with van der Waals surface area (Å²) in [5.41, 5.74) is 9.61. The van der Waals surface area contributed by atoms with Crippen LogP contribution in [0.3, 0.4) is 0 Å². The maximum Gasteiger partial charge on any atom is 0.276 e. The van der Waals surface area contributed by atoms with Crippen molar-refractivity contribution in [1.29, 1.82) is 0 Å². The van der Waals surface area contributed by atoms with Crippen LogP contribution in [0.4, 0.5) is 5.69 Å². The van der Waals surface area contributed by atoms with E-state index in [2.05, 4.69) is 4.98 Å². The van der Waals surface area contributed by atoms with Crippen LogP contribution < -0.4 is 15.8 Å². The van der Waals surface area contributed by atoms with E-state index in [1.807, 2.05) is 30.9 Å². The Labute approximate surface area is 153 Å². The second-order valence-corrected chi connectivity index (χ2v) is 8.17. The minimum Gasteiger partial charge on any atom is -0.369 e. The molecule has 0 radical (unpaired) electrons. The van der Waals surface area contributed by atoms with Crippen LogP contribution in [0.2, 0.25) is 0 Å². The molecule has 1 aromatic carbocycles. The highest BCUT2D eigenvalue weighted by atomic mass is 32.2. The molecule has 0 spiro atoms. The number of primary amides is 1. The first kappa shape index (κ1) is 18.6. The number of amides is 1. The number of benzene rings is 1. The smallest absolute Gasteiger partial charge is 0.276 e. The Morgan fingerprint density at radius 2 is 1.81 bits per heavy atom. The lowest BCUT2D eigenvalue weighted by atomic mass is 10.0. The van der Waals surface area contributed by atoms with Crippen molar-refractivity contribution in [1.82, 2.24) is 9.29 Å². The van der Waals surface area contributed by atoms with Gasteiger partial charge in [0.25, 0.3) is 16.1 Å². The van der Waals surface area contributed by atoms with Crippen molar-refractivity contribution in [3.8, 4) is 0 Å². The first-order valence-corrected chi connectivity index (χ1v) is 9.91. The number of carbonyl (C=O) groups excluding carboxylic acids is 1. The molecule has 3 rings (SSSR count). The van der Waals surface area contributed by atoms with Gasteiger partial charge in [0, 0.05) is 37.8 Å². The summed E-state index contributed by atoms with van der Waals surface area (Å²) in [6.07, 6.45) is 2.10. The Kier molecular flexibility index (Phi) is 4.87. The summed E-state index contributed by atoms with van der Waals surface area (Å²) >= 11 is 0. The first-order valence-electron chi connectivity index (χ1n) is 8.41. The number of carbonyl (C=O) groups is 1. The lowest BCUT2D eigenvalue weighted by Gasteiger charge is -2.26. The van der Waals surface area contributed by atoms with Gasteiger partial charge in [0.1, 0.15) is 0 Å². The summed E-state index contributed by atoms with van der Waals surface area (Å²) in [6.45, 7) is 5.63. The van der Waals surface area contributed by atoms with Gasteiger partial charge in [-0.25, -0.2) is 5.14 Å². The van der Waals surface area contributed by atoms with Crippen LogP contribution in [0, 0.1) is 13.8 Å². The predicted molar refractivity (Wildman–Crippen MR) is 101 cm³/mol. The molecule has 8 nitrogen and oxygen atoms in total. The maximum absolute atomic E-state index is 12.0. The largest absolute Gasteiger partial charge is 0.369 e. The van der Waals surface area contributed by atoms with Gasteiger partial charge < -0.3 is 10.6 Å². The zero-order chi connectivity index (χ0) is 19.1. The monoisotopic (exact) mass is 377 g/mol. The summed E-state index contributed by atoms with van der Waals surface area (Å²) in [7, 11) is -3.73. The number of nitrogens with two attached hydrogens (primary N) is 2. The molecule has 0 saturated carbocycles. The fraction of sp³-hybridized carbons (Fsp3) is 0.412. The number of fused-ring (bicyclic) bond motifs is 1. The van der Waals surface area contributed by atoms with E-state index >= 15 is 0 Å². The third-order valence-electron chi connectivity index (χ3n) is 4.85. The second-order valence-electron chi connectivity index (χ2n) is 6.62. The third-order valence-corrected chi connectivity index (χ3v) is 5.94. The fourth-order valence-electron chi connectivity index (χ4n) is 3.33. The molecule has 1 aliphatic rings. The standard InChI is InChI=1S/C17H23N5O3S/c1-11-8-13-15(9-12(11)2)20-10-14(17(18)23)16(13)21-4-3-5-22(7-6-21)26(19,24)25/h8-10H,3-7H2,1-2H3,(H2,18,23)(H2,19,24,25). The molecular formula is C17H23N5O3S. The molecule has 1 aliphatic heterocycles. The molecule has 0 aliphatic carbocycles. The van der Waals surface area contributed by atoms with E-state index in [4.69, 9.17) is 10.9 Å². The zero-order valence-electron chi connectivity index (χ0n) is 14.9. The van der Waals surface area contributed by atoms with E-state index in [9.17, 15) is 13.2 Å². The third kappa shape index (κ3) is 3.50. The van der Waals surface area contributed by atoms with Crippen molar-refractivity contribution in [2.45, 2.75) is 20.3 Å². The number of anilines is 1. The van der Waals surface area contributed by atoms with E-state index in [-0.39, 0.29) is 6.54 Å². The van der Waals surface area contributed by atoms with Crippen LogP contribution >= 0.6 is 0 Å². The van der Waals surface area contributed by atoms with Crippen molar-refractivity contribution in [3.05, 3.63) is 35.0 Å². The molecule has 0 bridgehead atoms. The Balaban J connectivity index is 2.11. The first-order chi connectivity index (χ1) is 12.2. The van der Waals surface area contributed by atoms with E-state index in [1.165, 1.54) is 10.5 Å². The Morgan fingerprint density at radius 3 is 2.46 bits per heavy atom. The summed E-state index contributed by atoms with van der Waals surface area (Å²) in [6, 6.07) is 3.98. The van der Waals surface area contributed by atoms with Crippen molar-refractivity contribution >= 4 is 32.7 Å². The Bertz CT molecular complexity index is 974. The number of rotatable bonds is 3. The van der Waals surface area contributed by atoms with Gasteiger partial charge in [-0.3, -0.25) is 9.78 Å². The van der Waals surface area contributed by atoms with E-state index in [0.717, 1.165) is 22.0 Å². The molecule has 1 fully saturated rings. The topological polar surface area (TPSA) is 123 Å². The SMILES string of the molecule is Cc1cc2ncc(C(N)=O)c(N3CCCN(S(N)(=O)=O)CC3)c2cc1C. The molecular weight excluding hydrogens is 354 g/mol. The average molecular weight is 377 g/mol. The normalized spacial score (nSPS) is 16.7. The van der Waals surface area contributed by atoms with Gasteiger partial charge in [0.15, 0.2) is 0 Å². The zero-order valence-corrected chi connectivity index (χ0v) is 15.7. The minimum absolute atomic E-state index is 0.256. The molecule has 26 heavy (non-hydrogen) atoms. The molecule has 2 aromatic rings. The quantitative estimate of drug-likeness (QED) is 0.814. The number of pyridine rings is 1. The summed E-state index contributed by atoms with van der Waals surface area (Å²) in [5, 5.41) is 6.11. The fourth-order valence-corrected chi connectivity index (χ4v) is 4.05. The van der Waals surface area contributed by atoms with Crippen molar-refractivity contribution < 1.29 is 13.2 Å². The van der Waals surface area contributed by atoms with E-state index in [0.29, 0.717) is 37.3 Å². The van der Waals surface area contributed by atoms with Crippen molar-refractivity contribution in [3.63, 3.8) is 0 Å². The second kappa shape index (κ2) is 6.82. The van der Waals surface area contributed by atoms with Gasteiger partial charge in [0.2, 0.25) is 0 Å². The van der Waals surface area contributed by atoms with Crippen LogP contribution in [0.15, 0.2) is 18.3 Å². The van der Waals surface area contributed by atoms with Gasteiger partial charge in [-0.05, 0) is 43.5 Å². The van der Waals surface area contributed by atoms with Gasteiger partial charge in [0.05, 0.1) is 16.8 Å². The molecule has 4 N–H and O–H groups in total. The number of nitrogens with zero attached hydrogens (tertiary/aromatic N) is 3. The Hall–Kier alpha value is -2.23. The van der Waals surface area contributed by atoms with Crippen LogP contribution in [0.25, 0.3) is 10.9 Å². The molecule has 0 atom stereocenters. The van der Waals surface area contributed by atoms with Gasteiger partial charge in [-0.2, -0.15) is 12.7 Å².